The average molecular weight is 297 g/mol. The molecule has 1 aromatic carbocycles. The highest BCUT2D eigenvalue weighted by Crippen LogP contribution is 2.20. The molecule has 0 bridgehead atoms. The molecule has 0 spiro atoms. The maximum Gasteiger partial charge on any atom is 0.126 e. The van der Waals surface area contributed by atoms with Crippen molar-refractivity contribution in [2.75, 3.05) is 0 Å². The Hall–Kier alpha value is -0.960. The molecule has 1 nitrogen and oxygen atoms in total. The molecular formula is C18H29F2N. The molecule has 1 unspecified atom stereocenters. The first-order valence-electron chi connectivity index (χ1n) is 8.35. The minimum Gasteiger partial charge on any atom is -0.324 e. The molecule has 0 amide bonds. The Morgan fingerprint density at radius 3 is 1.81 bits per heavy atom. The first-order chi connectivity index (χ1) is 10.1. The highest BCUT2D eigenvalue weighted by Gasteiger charge is 2.08. The number of nitrogens with two attached hydrogens (primary N) is 1. The summed E-state index contributed by atoms with van der Waals surface area (Å²) in [5.41, 5.74) is 6.56. The highest BCUT2D eigenvalue weighted by atomic mass is 19.1. The van der Waals surface area contributed by atoms with Gasteiger partial charge in [-0.25, -0.2) is 8.78 Å². The quantitative estimate of drug-likeness (QED) is 0.507. The van der Waals surface area contributed by atoms with Gasteiger partial charge in [-0.15, -0.1) is 0 Å². The Labute approximate surface area is 127 Å². The topological polar surface area (TPSA) is 26.0 Å². The summed E-state index contributed by atoms with van der Waals surface area (Å²) >= 11 is 0. The molecule has 0 fully saturated rings. The first-order valence-corrected chi connectivity index (χ1v) is 8.35. The van der Waals surface area contributed by atoms with Gasteiger partial charge >= 0.3 is 0 Å². The van der Waals surface area contributed by atoms with Crippen molar-refractivity contribution < 1.29 is 8.78 Å². The monoisotopic (exact) mass is 297 g/mol. The molecule has 0 aliphatic rings. The van der Waals surface area contributed by atoms with Crippen LogP contribution in [-0.4, -0.2) is 0 Å². The highest BCUT2D eigenvalue weighted by molar-refractivity contribution is 5.20. The molecule has 0 aliphatic carbocycles. The van der Waals surface area contributed by atoms with E-state index in [1.54, 1.807) is 0 Å². The fourth-order valence-electron chi connectivity index (χ4n) is 2.63. The van der Waals surface area contributed by atoms with E-state index in [0.717, 1.165) is 25.3 Å². The number of benzene rings is 1. The molecule has 0 saturated carbocycles. The van der Waals surface area contributed by atoms with Crippen LogP contribution in [0.5, 0.6) is 0 Å². The van der Waals surface area contributed by atoms with Crippen molar-refractivity contribution in [1.82, 2.24) is 0 Å². The van der Waals surface area contributed by atoms with Gasteiger partial charge in [-0.1, -0.05) is 64.7 Å². The first kappa shape index (κ1) is 18.1. The number of unbranched alkanes of at least 4 members (excludes halogenated alkanes) is 8. The molecule has 3 heteroatoms. The molecule has 0 saturated heterocycles. The summed E-state index contributed by atoms with van der Waals surface area (Å²) in [5.74, 6) is -1.10. The van der Waals surface area contributed by atoms with Crippen molar-refractivity contribution in [3.63, 3.8) is 0 Å². The Bertz CT molecular complexity index is 373. The Balaban J connectivity index is 2.09. The van der Waals surface area contributed by atoms with Crippen molar-refractivity contribution in [3.8, 4) is 0 Å². The van der Waals surface area contributed by atoms with Gasteiger partial charge in [0.1, 0.15) is 11.6 Å². The summed E-state index contributed by atoms with van der Waals surface area (Å²) in [6, 6.07) is 3.29. The van der Waals surface area contributed by atoms with Crippen LogP contribution in [0.3, 0.4) is 0 Å². The van der Waals surface area contributed by atoms with Crippen LogP contribution in [0.4, 0.5) is 8.78 Å². The van der Waals surface area contributed by atoms with Crippen molar-refractivity contribution in [3.05, 3.63) is 35.4 Å². The minimum absolute atomic E-state index is 0.264. The molecule has 1 atom stereocenters. The van der Waals surface area contributed by atoms with Crippen molar-refractivity contribution in [1.29, 1.82) is 0 Å². The third-order valence-corrected chi connectivity index (χ3v) is 3.93. The number of hydrogen-bond donors (Lipinski definition) is 1. The predicted octanol–water partition coefficient (Wildman–Crippen LogP) is 5.89. The van der Waals surface area contributed by atoms with Gasteiger partial charge in [0.05, 0.1) is 0 Å². The number of rotatable bonds is 11. The minimum atomic E-state index is -0.549. The smallest absolute Gasteiger partial charge is 0.126 e. The summed E-state index contributed by atoms with van der Waals surface area (Å²) in [5, 5.41) is 0. The lowest BCUT2D eigenvalue weighted by molar-refractivity contribution is 0.526. The molecule has 0 heterocycles. The lowest BCUT2D eigenvalue weighted by atomic mass is 10.00. The van der Waals surface area contributed by atoms with E-state index in [2.05, 4.69) is 6.92 Å². The molecule has 0 radical (unpaired) electrons. The Morgan fingerprint density at radius 2 is 1.29 bits per heavy atom. The zero-order valence-corrected chi connectivity index (χ0v) is 13.2. The van der Waals surface area contributed by atoms with Crippen LogP contribution in [0.15, 0.2) is 18.2 Å². The maximum atomic E-state index is 13.1. The van der Waals surface area contributed by atoms with Gasteiger partial charge in [0.2, 0.25) is 0 Å². The SMILES string of the molecule is CCCCCCCCCCCC(N)c1cc(F)cc(F)c1. The van der Waals surface area contributed by atoms with Crippen molar-refractivity contribution >= 4 is 0 Å². The van der Waals surface area contributed by atoms with Crippen molar-refractivity contribution in [2.45, 2.75) is 77.2 Å². The standard InChI is InChI=1S/C18H29F2N/c1-2-3-4-5-6-7-8-9-10-11-18(21)15-12-16(19)14-17(20)13-15/h12-14,18H,2-11,21H2,1H3. The van der Waals surface area contributed by atoms with Gasteiger partial charge in [-0.2, -0.15) is 0 Å². The van der Waals surface area contributed by atoms with E-state index in [1.807, 2.05) is 0 Å². The van der Waals surface area contributed by atoms with Crippen LogP contribution >= 0.6 is 0 Å². The van der Waals surface area contributed by atoms with Crippen LogP contribution in [0.2, 0.25) is 0 Å². The summed E-state index contributed by atoms with van der Waals surface area (Å²) in [7, 11) is 0. The van der Waals surface area contributed by atoms with Crippen molar-refractivity contribution in [2.24, 2.45) is 5.73 Å². The van der Waals surface area contributed by atoms with Crippen LogP contribution in [0, 0.1) is 11.6 Å². The summed E-state index contributed by atoms with van der Waals surface area (Å²) in [6.45, 7) is 2.23. The summed E-state index contributed by atoms with van der Waals surface area (Å²) < 4.78 is 26.2. The van der Waals surface area contributed by atoms with E-state index in [9.17, 15) is 8.78 Å². The van der Waals surface area contributed by atoms with Gasteiger partial charge in [0.25, 0.3) is 0 Å². The van der Waals surface area contributed by atoms with E-state index < -0.39 is 11.6 Å². The summed E-state index contributed by atoms with van der Waals surface area (Å²) in [4.78, 5) is 0. The predicted molar refractivity (Wildman–Crippen MR) is 85.1 cm³/mol. The second-order valence-corrected chi connectivity index (χ2v) is 5.93. The third kappa shape index (κ3) is 8.15. The van der Waals surface area contributed by atoms with Gasteiger partial charge in [0.15, 0.2) is 0 Å². The largest absolute Gasteiger partial charge is 0.324 e. The van der Waals surface area contributed by atoms with Crippen LogP contribution in [0.25, 0.3) is 0 Å². The van der Waals surface area contributed by atoms with Crippen LogP contribution < -0.4 is 5.73 Å². The fraction of sp³-hybridized carbons (Fsp3) is 0.667. The zero-order valence-electron chi connectivity index (χ0n) is 13.2. The molecule has 2 N–H and O–H groups in total. The number of hydrogen-bond acceptors (Lipinski definition) is 1. The van der Waals surface area contributed by atoms with Crippen LogP contribution in [-0.2, 0) is 0 Å². The Morgan fingerprint density at radius 1 is 0.810 bits per heavy atom. The van der Waals surface area contributed by atoms with E-state index in [4.69, 9.17) is 5.73 Å². The molecule has 1 aromatic rings. The van der Waals surface area contributed by atoms with E-state index in [0.29, 0.717) is 5.56 Å². The lowest BCUT2D eigenvalue weighted by Gasteiger charge is -2.12. The zero-order chi connectivity index (χ0) is 15.5. The Kier molecular flexibility index (Phi) is 9.24. The molecule has 0 aliphatic heterocycles. The van der Waals surface area contributed by atoms with Crippen LogP contribution in [0.1, 0.15) is 82.7 Å². The maximum absolute atomic E-state index is 13.1. The molecule has 1 rings (SSSR count). The van der Waals surface area contributed by atoms with Gasteiger partial charge in [0, 0.05) is 12.1 Å². The van der Waals surface area contributed by atoms with Gasteiger partial charge in [-0.05, 0) is 24.1 Å². The van der Waals surface area contributed by atoms with E-state index >= 15 is 0 Å². The lowest BCUT2D eigenvalue weighted by Crippen LogP contribution is -2.10. The average Bonchev–Trinajstić information content (AvgIpc) is 2.44. The fourth-order valence-corrected chi connectivity index (χ4v) is 2.63. The van der Waals surface area contributed by atoms with E-state index in [-0.39, 0.29) is 6.04 Å². The molecule has 21 heavy (non-hydrogen) atoms. The number of halogens is 2. The molecule has 0 aromatic heterocycles. The van der Waals surface area contributed by atoms with Gasteiger partial charge in [-0.3, -0.25) is 0 Å². The summed E-state index contributed by atoms with van der Waals surface area (Å²) in [6.07, 6.45) is 12.1. The second kappa shape index (κ2) is 10.7. The molecular weight excluding hydrogens is 268 g/mol. The normalized spacial score (nSPS) is 12.6. The third-order valence-electron chi connectivity index (χ3n) is 3.93. The van der Waals surface area contributed by atoms with Gasteiger partial charge < -0.3 is 5.73 Å². The second-order valence-electron chi connectivity index (χ2n) is 5.93. The van der Waals surface area contributed by atoms with E-state index in [1.165, 1.54) is 57.1 Å². The molecule has 120 valence electrons.